The van der Waals surface area contributed by atoms with E-state index in [1.165, 1.54) is 0 Å². The second-order valence-electron chi connectivity index (χ2n) is 3.13. The van der Waals surface area contributed by atoms with Gasteiger partial charge in [-0.3, -0.25) is 4.79 Å². The Kier molecular flexibility index (Phi) is 3.92. The van der Waals surface area contributed by atoms with Gasteiger partial charge in [-0.25, -0.2) is 0 Å². The lowest BCUT2D eigenvalue weighted by Crippen LogP contribution is -1.96. The smallest absolute Gasteiger partial charge is 0.307 e. The van der Waals surface area contributed by atoms with Crippen molar-refractivity contribution in [3.8, 4) is 5.75 Å². The van der Waals surface area contributed by atoms with Gasteiger partial charge in [0.1, 0.15) is 5.75 Å². The van der Waals surface area contributed by atoms with Gasteiger partial charge in [-0.1, -0.05) is 18.7 Å². The first-order valence-corrected chi connectivity index (χ1v) is 4.76. The van der Waals surface area contributed by atoms with Crippen molar-refractivity contribution in [2.75, 3.05) is 6.61 Å². The average molecular weight is 206 g/mol. The van der Waals surface area contributed by atoms with Gasteiger partial charge in [0.05, 0.1) is 13.0 Å². The maximum atomic E-state index is 10.5. The summed E-state index contributed by atoms with van der Waals surface area (Å²) in [6, 6.07) is 7.25. The van der Waals surface area contributed by atoms with E-state index in [1.54, 1.807) is 0 Å². The molecule has 80 valence electrons. The largest absolute Gasteiger partial charge is 0.494 e. The summed E-state index contributed by atoms with van der Waals surface area (Å²) >= 11 is 0. The van der Waals surface area contributed by atoms with Crippen LogP contribution in [0.5, 0.6) is 5.75 Å². The van der Waals surface area contributed by atoms with Crippen LogP contribution >= 0.6 is 0 Å². The first-order chi connectivity index (χ1) is 7.13. The minimum Gasteiger partial charge on any atom is -0.494 e. The van der Waals surface area contributed by atoms with Crippen molar-refractivity contribution in [3.05, 3.63) is 36.4 Å². The molecule has 1 aromatic rings. The number of benzene rings is 1. The summed E-state index contributed by atoms with van der Waals surface area (Å²) in [7, 11) is 0. The van der Waals surface area contributed by atoms with Crippen LogP contribution in [-0.2, 0) is 4.79 Å². The highest BCUT2D eigenvalue weighted by Crippen LogP contribution is 2.19. The highest BCUT2D eigenvalue weighted by atomic mass is 16.5. The van der Waals surface area contributed by atoms with Crippen molar-refractivity contribution in [2.24, 2.45) is 0 Å². The molecule has 0 fully saturated rings. The molecule has 0 aromatic heterocycles. The molecule has 1 aromatic carbocycles. The maximum absolute atomic E-state index is 10.5. The van der Waals surface area contributed by atoms with Crippen LogP contribution in [0.15, 0.2) is 30.8 Å². The van der Waals surface area contributed by atoms with E-state index in [4.69, 9.17) is 9.84 Å². The highest BCUT2D eigenvalue weighted by Gasteiger charge is 2.04. The molecule has 1 N–H and O–H groups in total. The molecular weight excluding hydrogens is 192 g/mol. The number of hydrogen-bond donors (Lipinski definition) is 1. The molecule has 0 spiro atoms. The maximum Gasteiger partial charge on any atom is 0.307 e. The second kappa shape index (κ2) is 5.20. The zero-order valence-electron chi connectivity index (χ0n) is 8.69. The van der Waals surface area contributed by atoms with Gasteiger partial charge in [0.2, 0.25) is 0 Å². The minimum absolute atomic E-state index is 0.0337. The summed E-state index contributed by atoms with van der Waals surface area (Å²) in [5.74, 6) is -0.0849. The van der Waals surface area contributed by atoms with Crippen LogP contribution in [0, 0.1) is 0 Å². The summed E-state index contributed by atoms with van der Waals surface area (Å²) in [6.07, 6.45) is -0.0337. The topological polar surface area (TPSA) is 46.5 Å². The van der Waals surface area contributed by atoms with E-state index < -0.39 is 5.97 Å². The zero-order valence-corrected chi connectivity index (χ0v) is 8.69. The van der Waals surface area contributed by atoms with E-state index in [0.29, 0.717) is 12.2 Å². The molecule has 0 aliphatic rings. The van der Waals surface area contributed by atoms with Crippen LogP contribution in [0.4, 0.5) is 0 Å². The molecule has 3 nitrogen and oxygen atoms in total. The summed E-state index contributed by atoms with van der Waals surface area (Å²) in [5, 5.41) is 8.60. The molecule has 0 saturated carbocycles. The van der Waals surface area contributed by atoms with Gasteiger partial charge in [-0.15, -0.1) is 0 Å². The first kappa shape index (κ1) is 11.3. The summed E-state index contributed by atoms with van der Waals surface area (Å²) in [5.41, 5.74) is 1.44. The van der Waals surface area contributed by atoms with Crippen LogP contribution in [0.3, 0.4) is 0 Å². The fourth-order valence-electron chi connectivity index (χ4n) is 1.24. The van der Waals surface area contributed by atoms with Gasteiger partial charge in [0.15, 0.2) is 0 Å². The number of carbonyl (C=O) groups is 1. The number of carboxylic acids is 1. The number of rotatable bonds is 5. The lowest BCUT2D eigenvalue weighted by atomic mass is 10.0. The lowest BCUT2D eigenvalue weighted by molar-refractivity contribution is -0.135. The third-order valence-electron chi connectivity index (χ3n) is 1.94. The van der Waals surface area contributed by atoms with E-state index in [-0.39, 0.29) is 6.42 Å². The molecule has 0 atom stereocenters. The van der Waals surface area contributed by atoms with Crippen LogP contribution in [0.25, 0.3) is 5.57 Å². The molecule has 0 radical (unpaired) electrons. The highest BCUT2D eigenvalue weighted by molar-refractivity contribution is 5.83. The Hall–Kier alpha value is -1.77. The number of carboxylic acid groups (broad SMARTS) is 1. The fraction of sp³-hybridized carbons (Fsp3) is 0.250. The number of aliphatic carboxylic acids is 1. The third kappa shape index (κ3) is 3.46. The Labute approximate surface area is 89.0 Å². The fourth-order valence-corrected chi connectivity index (χ4v) is 1.24. The zero-order chi connectivity index (χ0) is 11.3. The second-order valence-corrected chi connectivity index (χ2v) is 3.13. The van der Waals surface area contributed by atoms with Crippen molar-refractivity contribution < 1.29 is 14.6 Å². The predicted octanol–water partition coefficient (Wildman–Crippen LogP) is 2.57. The molecule has 3 heteroatoms. The SMILES string of the molecule is C=C(CC(=O)O)c1ccc(OCC)cc1. The molecule has 0 unspecified atom stereocenters. The van der Waals surface area contributed by atoms with Crippen LogP contribution in [0.2, 0.25) is 0 Å². The molecule has 0 saturated heterocycles. The average Bonchev–Trinajstić information content (AvgIpc) is 2.18. The third-order valence-corrected chi connectivity index (χ3v) is 1.94. The van der Waals surface area contributed by atoms with E-state index in [1.807, 2.05) is 31.2 Å². The Morgan fingerprint density at radius 1 is 1.40 bits per heavy atom. The normalized spacial score (nSPS) is 9.67. The van der Waals surface area contributed by atoms with Crippen LogP contribution in [0.1, 0.15) is 18.9 Å². The quantitative estimate of drug-likeness (QED) is 0.805. The predicted molar refractivity (Wildman–Crippen MR) is 58.9 cm³/mol. The van der Waals surface area contributed by atoms with Gasteiger partial charge in [-0.05, 0) is 30.2 Å². The van der Waals surface area contributed by atoms with E-state index >= 15 is 0 Å². The Morgan fingerprint density at radius 2 is 2.00 bits per heavy atom. The van der Waals surface area contributed by atoms with Gasteiger partial charge >= 0.3 is 5.97 Å². The van der Waals surface area contributed by atoms with E-state index in [9.17, 15) is 4.79 Å². The van der Waals surface area contributed by atoms with E-state index in [0.717, 1.165) is 11.3 Å². The van der Waals surface area contributed by atoms with Crippen molar-refractivity contribution in [2.45, 2.75) is 13.3 Å². The summed E-state index contributed by atoms with van der Waals surface area (Å²) < 4.78 is 5.28. The first-order valence-electron chi connectivity index (χ1n) is 4.76. The molecule has 15 heavy (non-hydrogen) atoms. The van der Waals surface area contributed by atoms with E-state index in [2.05, 4.69) is 6.58 Å². The lowest BCUT2D eigenvalue weighted by Gasteiger charge is -2.05. The standard InChI is InChI=1S/C12H14O3/c1-3-15-11-6-4-10(5-7-11)9(2)8-12(13)14/h4-7H,2-3,8H2,1H3,(H,13,14). The van der Waals surface area contributed by atoms with Gasteiger partial charge in [0, 0.05) is 0 Å². The van der Waals surface area contributed by atoms with Crippen molar-refractivity contribution in [1.82, 2.24) is 0 Å². The molecule has 0 aliphatic heterocycles. The summed E-state index contributed by atoms with van der Waals surface area (Å²) in [4.78, 5) is 10.5. The molecule has 0 aliphatic carbocycles. The van der Waals surface area contributed by atoms with Crippen molar-refractivity contribution >= 4 is 11.5 Å². The van der Waals surface area contributed by atoms with Crippen molar-refractivity contribution in [1.29, 1.82) is 0 Å². The van der Waals surface area contributed by atoms with Gasteiger partial charge < -0.3 is 9.84 Å². The molecule has 0 heterocycles. The number of ether oxygens (including phenoxy) is 1. The van der Waals surface area contributed by atoms with Gasteiger partial charge in [-0.2, -0.15) is 0 Å². The molecule has 0 amide bonds. The van der Waals surface area contributed by atoms with Gasteiger partial charge in [0.25, 0.3) is 0 Å². The molecule has 0 bridgehead atoms. The Balaban J connectivity index is 2.71. The molecular formula is C12H14O3. The summed E-state index contributed by atoms with van der Waals surface area (Å²) in [6.45, 7) is 6.25. The monoisotopic (exact) mass is 206 g/mol. The Morgan fingerprint density at radius 3 is 2.47 bits per heavy atom. The van der Waals surface area contributed by atoms with Crippen LogP contribution < -0.4 is 4.74 Å². The van der Waals surface area contributed by atoms with Crippen molar-refractivity contribution in [3.63, 3.8) is 0 Å². The minimum atomic E-state index is -0.867. The van der Waals surface area contributed by atoms with Crippen LogP contribution in [-0.4, -0.2) is 17.7 Å². The Bertz CT molecular complexity index is 352. The molecule has 1 rings (SSSR count). The number of hydrogen-bond acceptors (Lipinski definition) is 2.